The van der Waals surface area contributed by atoms with Gasteiger partial charge in [-0.05, 0) is 29.5 Å². The molecule has 0 amide bonds. The molecule has 130 valence electrons. The molecule has 2 aromatic carbocycles. The third kappa shape index (κ3) is 5.42. The van der Waals surface area contributed by atoms with Gasteiger partial charge < -0.3 is 4.74 Å². The van der Waals surface area contributed by atoms with E-state index in [2.05, 4.69) is 20.8 Å². The standard InChI is InChI=1S/C22H24O3/c1-16(25-20(23)15-10-17-8-6-5-7-9-17)21(24)18-11-13-19(14-12-18)22(2,3)4/h5-16H,1-4H3/b15-10+/t16-/m0/s1. The third-order valence-corrected chi connectivity index (χ3v) is 3.91. The topological polar surface area (TPSA) is 43.4 Å². The minimum atomic E-state index is -0.826. The van der Waals surface area contributed by atoms with Crippen molar-refractivity contribution in [1.82, 2.24) is 0 Å². The maximum absolute atomic E-state index is 12.4. The van der Waals surface area contributed by atoms with Crippen molar-refractivity contribution in [2.24, 2.45) is 0 Å². The number of hydrogen-bond acceptors (Lipinski definition) is 3. The molecule has 2 rings (SSSR count). The predicted molar refractivity (Wildman–Crippen MR) is 101 cm³/mol. The normalized spacial score (nSPS) is 12.8. The lowest BCUT2D eigenvalue weighted by atomic mass is 9.86. The second-order valence-electron chi connectivity index (χ2n) is 7.01. The molecule has 25 heavy (non-hydrogen) atoms. The molecule has 0 aromatic heterocycles. The fourth-order valence-electron chi connectivity index (χ4n) is 2.36. The van der Waals surface area contributed by atoms with Crippen LogP contribution >= 0.6 is 0 Å². The Bertz CT molecular complexity index is 750. The van der Waals surface area contributed by atoms with Gasteiger partial charge in [-0.3, -0.25) is 4.79 Å². The zero-order chi connectivity index (χ0) is 18.4. The van der Waals surface area contributed by atoms with Gasteiger partial charge in [-0.1, -0.05) is 75.4 Å². The Kier molecular flexibility index (Phi) is 5.92. The van der Waals surface area contributed by atoms with Crippen molar-refractivity contribution >= 4 is 17.8 Å². The third-order valence-electron chi connectivity index (χ3n) is 3.91. The van der Waals surface area contributed by atoms with E-state index in [1.54, 1.807) is 25.1 Å². The van der Waals surface area contributed by atoms with Crippen molar-refractivity contribution in [1.29, 1.82) is 0 Å². The summed E-state index contributed by atoms with van der Waals surface area (Å²) in [6.07, 6.45) is 2.17. The molecule has 0 unspecified atom stereocenters. The summed E-state index contributed by atoms with van der Waals surface area (Å²) in [5, 5.41) is 0. The zero-order valence-corrected chi connectivity index (χ0v) is 15.2. The molecule has 0 N–H and O–H groups in total. The summed E-state index contributed by atoms with van der Waals surface area (Å²) in [7, 11) is 0. The Labute approximate surface area is 149 Å². The first-order valence-corrected chi connectivity index (χ1v) is 8.36. The molecule has 0 saturated heterocycles. The number of Topliss-reactive ketones (excluding diaryl/α,β-unsaturated/α-hetero) is 1. The molecule has 0 aliphatic carbocycles. The summed E-state index contributed by atoms with van der Waals surface area (Å²) in [4.78, 5) is 24.3. The number of carbonyl (C=O) groups excluding carboxylic acids is 2. The van der Waals surface area contributed by atoms with E-state index in [4.69, 9.17) is 4.74 Å². The van der Waals surface area contributed by atoms with Crippen LogP contribution in [0.2, 0.25) is 0 Å². The predicted octanol–water partition coefficient (Wildman–Crippen LogP) is 4.81. The Morgan fingerprint density at radius 1 is 0.960 bits per heavy atom. The largest absolute Gasteiger partial charge is 0.451 e. The van der Waals surface area contributed by atoms with E-state index in [-0.39, 0.29) is 11.2 Å². The SMILES string of the molecule is C[C@H](OC(=O)/C=C/c1ccccc1)C(=O)c1ccc(C(C)(C)C)cc1. The van der Waals surface area contributed by atoms with Crippen molar-refractivity contribution in [2.45, 2.75) is 39.2 Å². The molecule has 0 heterocycles. The van der Waals surface area contributed by atoms with Crippen LogP contribution in [0.15, 0.2) is 60.7 Å². The van der Waals surface area contributed by atoms with E-state index in [1.165, 1.54) is 6.08 Å². The fraction of sp³-hybridized carbons (Fsp3) is 0.273. The second-order valence-corrected chi connectivity index (χ2v) is 7.01. The molecular formula is C22H24O3. The van der Waals surface area contributed by atoms with Crippen molar-refractivity contribution < 1.29 is 14.3 Å². The van der Waals surface area contributed by atoms with Crippen molar-refractivity contribution in [3.63, 3.8) is 0 Å². The zero-order valence-electron chi connectivity index (χ0n) is 15.2. The number of carbonyl (C=O) groups is 2. The number of ether oxygens (including phenoxy) is 1. The molecule has 0 bridgehead atoms. The summed E-state index contributed by atoms with van der Waals surface area (Å²) in [5.41, 5.74) is 2.62. The molecule has 0 aliphatic heterocycles. The van der Waals surface area contributed by atoms with Crippen molar-refractivity contribution in [2.75, 3.05) is 0 Å². The average Bonchev–Trinajstić information content (AvgIpc) is 2.59. The smallest absolute Gasteiger partial charge is 0.331 e. The van der Waals surface area contributed by atoms with Crippen LogP contribution in [0, 0.1) is 0 Å². The molecule has 0 fully saturated rings. The Balaban J connectivity index is 1.98. The minimum Gasteiger partial charge on any atom is -0.451 e. The van der Waals surface area contributed by atoms with Crippen molar-refractivity contribution in [3.05, 3.63) is 77.4 Å². The van der Waals surface area contributed by atoms with E-state index in [9.17, 15) is 9.59 Å². The maximum Gasteiger partial charge on any atom is 0.331 e. The average molecular weight is 336 g/mol. The molecule has 0 aliphatic rings. The second kappa shape index (κ2) is 7.93. The Hall–Kier alpha value is -2.68. The van der Waals surface area contributed by atoms with Crippen molar-refractivity contribution in [3.8, 4) is 0 Å². The summed E-state index contributed by atoms with van der Waals surface area (Å²) >= 11 is 0. The monoisotopic (exact) mass is 336 g/mol. The molecule has 2 aromatic rings. The van der Waals surface area contributed by atoms with Gasteiger partial charge in [-0.25, -0.2) is 4.79 Å². The van der Waals surface area contributed by atoms with Crippen LogP contribution in [0.25, 0.3) is 6.08 Å². The van der Waals surface area contributed by atoms with Gasteiger partial charge in [0.1, 0.15) is 0 Å². The summed E-state index contributed by atoms with van der Waals surface area (Å²) in [6, 6.07) is 16.9. The van der Waals surface area contributed by atoms with Gasteiger partial charge in [0.15, 0.2) is 6.10 Å². The van der Waals surface area contributed by atoms with Gasteiger partial charge in [-0.2, -0.15) is 0 Å². The molecule has 0 radical (unpaired) electrons. The molecule has 0 saturated carbocycles. The number of ketones is 1. The van der Waals surface area contributed by atoms with Gasteiger partial charge in [0, 0.05) is 11.6 Å². The highest BCUT2D eigenvalue weighted by Gasteiger charge is 2.20. The van der Waals surface area contributed by atoms with Crippen LogP contribution in [0.3, 0.4) is 0 Å². The minimum absolute atomic E-state index is 0.0297. The van der Waals surface area contributed by atoms with E-state index in [0.29, 0.717) is 5.56 Å². The van der Waals surface area contributed by atoms with Gasteiger partial charge in [-0.15, -0.1) is 0 Å². The van der Waals surface area contributed by atoms with Gasteiger partial charge >= 0.3 is 5.97 Å². The number of hydrogen-bond donors (Lipinski definition) is 0. The van der Waals surface area contributed by atoms with E-state index in [0.717, 1.165) is 11.1 Å². The molecule has 0 spiro atoms. The Morgan fingerprint density at radius 2 is 1.56 bits per heavy atom. The maximum atomic E-state index is 12.4. The number of rotatable bonds is 5. The quantitative estimate of drug-likeness (QED) is 0.447. The van der Waals surface area contributed by atoms with E-state index >= 15 is 0 Å². The highest BCUT2D eigenvalue weighted by atomic mass is 16.5. The molecule has 3 nitrogen and oxygen atoms in total. The van der Waals surface area contributed by atoms with Crippen LogP contribution in [-0.2, 0) is 14.9 Å². The van der Waals surface area contributed by atoms with E-state index in [1.807, 2.05) is 42.5 Å². The van der Waals surface area contributed by atoms with Gasteiger partial charge in [0.2, 0.25) is 5.78 Å². The Morgan fingerprint density at radius 3 is 2.12 bits per heavy atom. The van der Waals surface area contributed by atoms with Crippen LogP contribution in [-0.4, -0.2) is 17.9 Å². The molecule has 1 atom stereocenters. The highest BCUT2D eigenvalue weighted by Crippen LogP contribution is 2.22. The number of esters is 1. The van der Waals surface area contributed by atoms with E-state index < -0.39 is 12.1 Å². The number of benzene rings is 2. The first-order chi connectivity index (χ1) is 11.8. The lowest BCUT2D eigenvalue weighted by Crippen LogP contribution is -2.23. The fourth-order valence-corrected chi connectivity index (χ4v) is 2.36. The lowest BCUT2D eigenvalue weighted by molar-refractivity contribution is -0.140. The molecular weight excluding hydrogens is 312 g/mol. The lowest BCUT2D eigenvalue weighted by Gasteiger charge is -2.19. The first kappa shape index (κ1) is 18.7. The summed E-state index contributed by atoms with van der Waals surface area (Å²) in [5.74, 6) is -0.738. The van der Waals surface area contributed by atoms with Crippen LogP contribution in [0.4, 0.5) is 0 Å². The summed E-state index contributed by atoms with van der Waals surface area (Å²) < 4.78 is 5.21. The van der Waals surface area contributed by atoms with Gasteiger partial charge in [0.05, 0.1) is 0 Å². The highest BCUT2D eigenvalue weighted by molar-refractivity contribution is 6.01. The van der Waals surface area contributed by atoms with Crippen LogP contribution in [0.1, 0.15) is 49.2 Å². The first-order valence-electron chi connectivity index (χ1n) is 8.36. The van der Waals surface area contributed by atoms with Crippen LogP contribution in [0.5, 0.6) is 0 Å². The molecule has 3 heteroatoms. The summed E-state index contributed by atoms with van der Waals surface area (Å²) in [6.45, 7) is 7.95. The van der Waals surface area contributed by atoms with Crippen LogP contribution < -0.4 is 0 Å². The van der Waals surface area contributed by atoms with Gasteiger partial charge in [0.25, 0.3) is 0 Å².